The Kier molecular flexibility index (Phi) is 7.74. The fourth-order valence-corrected chi connectivity index (χ4v) is 3.03. The lowest BCUT2D eigenvalue weighted by Crippen LogP contribution is -2.42. The summed E-state index contributed by atoms with van der Waals surface area (Å²) in [5.74, 6) is 3.36. The normalized spacial score (nSPS) is 16.0. The molecular formula is C19H28IN5O. The van der Waals surface area contributed by atoms with E-state index < -0.39 is 0 Å². The predicted octanol–water partition coefficient (Wildman–Crippen LogP) is 2.83. The number of benzene rings is 1. The van der Waals surface area contributed by atoms with Gasteiger partial charge in [-0.05, 0) is 17.5 Å². The maximum absolute atomic E-state index is 5.95. The molecule has 142 valence electrons. The van der Waals surface area contributed by atoms with Crippen LogP contribution in [-0.2, 0) is 19.5 Å². The molecule has 0 spiro atoms. The van der Waals surface area contributed by atoms with Crippen molar-refractivity contribution < 1.29 is 4.74 Å². The molecule has 0 fully saturated rings. The smallest absolute Gasteiger partial charge is 0.191 e. The van der Waals surface area contributed by atoms with Crippen molar-refractivity contribution in [2.24, 2.45) is 10.9 Å². The second kappa shape index (κ2) is 9.80. The number of hydrogen-bond donors (Lipinski definition) is 2. The molecule has 26 heavy (non-hydrogen) atoms. The Morgan fingerprint density at radius 2 is 2.15 bits per heavy atom. The topological polar surface area (TPSA) is 63.5 Å². The molecule has 1 aliphatic rings. The third kappa shape index (κ3) is 5.36. The Morgan fingerprint density at radius 3 is 2.88 bits per heavy atom. The van der Waals surface area contributed by atoms with Crippen LogP contribution in [0.25, 0.3) is 0 Å². The van der Waals surface area contributed by atoms with Gasteiger partial charge in [0.2, 0.25) is 0 Å². The summed E-state index contributed by atoms with van der Waals surface area (Å²) in [6, 6.07) is 8.21. The first-order valence-electron chi connectivity index (χ1n) is 8.84. The number of hydrogen-bond acceptors (Lipinski definition) is 3. The summed E-state index contributed by atoms with van der Waals surface area (Å²) >= 11 is 0. The number of nitrogens with zero attached hydrogens (tertiary/aromatic N) is 3. The fourth-order valence-electron chi connectivity index (χ4n) is 3.03. The van der Waals surface area contributed by atoms with Crippen LogP contribution in [0.4, 0.5) is 0 Å². The third-order valence-corrected chi connectivity index (χ3v) is 4.21. The molecular weight excluding hydrogens is 441 g/mol. The van der Waals surface area contributed by atoms with E-state index >= 15 is 0 Å². The largest absolute Gasteiger partial charge is 0.488 e. The van der Waals surface area contributed by atoms with E-state index in [2.05, 4.69) is 51.2 Å². The predicted molar refractivity (Wildman–Crippen MR) is 115 cm³/mol. The maximum Gasteiger partial charge on any atom is 0.191 e. The summed E-state index contributed by atoms with van der Waals surface area (Å²) in [6.45, 7) is 6.74. The van der Waals surface area contributed by atoms with Crippen molar-refractivity contribution in [1.82, 2.24) is 20.2 Å². The summed E-state index contributed by atoms with van der Waals surface area (Å²) in [6.07, 6.45) is 4.94. The van der Waals surface area contributed by atoms with Crippen molar-refractivity contribution >= 4 is 29.9 Å². The number of nitrogens with one attached hydrogen (secondary N) is 2. The zero-order chi connectivity index (χ0) is 17.6. The van der Waals surface area contributed by atoms with Gasteiger partial charge in [0.25, 0.3) is 0 Å². The van der Waals surface area contributed by atoms with Gasteiger partial charge >= 0.3 is 0 Å². The molecule has 0 amide bonds. The van der Waals surface area contributed by atoms with Crippen LogP contribution in [0.2, 0.25) is 0 Å². The van der Waals surface area contributed by atoms with E-state index in [1.54, 1.807) is 7.05 Å². The molecule has 0 aliphatic carbocycles. The number of aliphatic imine (C=N–C) groups is 1. The molecule has 6 nitrogen and oxygen atoms in total. The first kappa shape index (κ1) is 20.5. The van der Waals surface area contributed by atoms with E-state index in [0.717, 1.165) is 37.0 Å². The molecule has 3 rings (SSSR count). The van der Waals surface area contributed by atoms with Crippen LogP contribution in [0, 0.1) is 5.92 Å². The number of imidazole rings is 1. The van der Waals surface area contributed by atoms with Gasteiger partial charge in [0.15, 0.2) is 5.96 Å². The lowest BCUT2D eigenvalue weighted by Gasteiger charge is -2.16. The van der Waals surface area contributed by atoms with E-state index in [-0.39, 0.29) is 30.1 Å². The molecule has 2 aromatic rings. The first-order chi connectivity index (χ1) is 12.2. The summed E-state index contributed by atoms with van der Waals surface area (Å²) in [7, 11) is 1.78. The average Bonchev–Trinajstić information content (AvgIpc) is 3.20. The fraction of sp³-hybridized carbons (Fsp3) is 0.474. The number of halogens is 1. The second-order valence-electron chi connectivity index (χ2n) is 6.75. The second-order valence-corrected chi connectivity index (χ2v) is 6.75. The quantitative estimate of drug-likeness (QED) is 0.388. The highest BCUT2D eigenvalue weighted by Gasteiger charge is 2.22. The van der Waals surface area contributed by atoms with E-state index in [1.165, 1.54) is 5.56 Å². The molecule has 2 heterocycles. The van der Waals surface area contributed by atoms with Gasteiger partial charge in [-0.25, -0.2) is 4.98 Å². The molecule has 0 saturated carbocycles. The van der Waals surface area contributed by atoms with E-state index in [9.17, 15) is 0 Å². The van der Waals surface area contributed by atoms with Crippen molar-refractivity contribution in [2.45, 2.75) is 39.5 Å². The SMILES string of the molecule is CN=C(NCc1nccn1CC(C)C)NCC1Cc2ccccc2O1.I. The Hall–Kier alpha value is -1.77. The van der Waals surface area contributed by atoms with E-state index in [1.807, 2.05) is 24.5 Å². The third-order valence-electron chi connectivity index (χ3n) is 4.21. The number of para-hydroxylation sites is 1. The van der Waals surface area contributed by atoms with Crippen molar-refractivity contribution in [3.63, 3.8) is 0 Å². The van der Waals surface area contributed by atoms with Crippen molar-refractivity contribution in [1.29, 1.82) is 0 Å². The zero-order valence-corrected chi connectivity index (χ0v) is 17.9. The minimum Gasteiger partial charge on any atom is -0.488 e. The van der Waals surface area contributed by atoms with Gasteiger partial charge in [-0.3, -0.25) is 4.99 Å². The van der Waals surface area contributed by atoms with Gasteiger partial charge in [-0.2, -0.15) is 0 Å². The van der Waals surface area contributed by atoms with Crippen molar-refractivity contribution in [2.75, 3.05) is 13.6 Å². The summed E-state index contributed by atoms with van der Waals surface area (Å²) in [5.41, 5.74) is 1.27. The molecule has 0 radical (unpaired) electrons. The molecule has 1 aromatic heterocycles. The average molecular weight is 469 g/mol. The van der Waals surface area contributed by atoms with Gasteiger partial charge in [-0.1, -0.05) is 32.0 Å². The number of ether oxygens (including phenoxy) is 1. The van der Waals surface area contributed by atoms with Crippen LogP contribution in [0.1, 0.15) is 25.2 Å². The highest BCUT2D eigenvalue weighted by molar-refractivity contribution is 14.0. The van der Waals surface area contributed by atoms with Gasteiger partial charge in [0.05, 0.1) is 13.1 Å². The molecule has 0 saturated heterocycles. The van der Waals surface area contributed by atoms with Gasteiger partial charge in [-0.15, -0.1) is 24.0 Å². The van der Waals surface area contributed by atoms with E-state index in [4.69, 9.17) is 4.74 Å². The molecule has 1 aliphatic heterocycles. The Morgan fingerprint density at radius 1 is 1.35 bits per heavy atom. The number of rotatable bonds is 6. The van der Waals surface area contributed by atoms with Crippen LogP contribution in [0.5, 0.6) is 5.75 Å². The number of guanidine groups is 1. The van der Waals surface area contributed by atoms with Crippen LogP contribution in [0.15, 0.2) is 41.7 Å². The Labute approximate surface area is 172 Å². The Bertz CT molecular complexity index is 703. The molecule has 7 heteroatoms. The lowest BCUT2D eigenvalue weighted by atomic mass is 10.1. The van der Waals surface area contributed by atoms with Crippen LogP contribution in [-0.4, -0.2) is 35.2 Å². The minimum absolute atomic E-state index is 0. The monoisotopic (exact) mass is 469 g/mol. The van der Waals surface area contributed by atoms with Crippen molar-refractivity contribution in [3.8, 4) is 5.75 Å². The summed E-state index contributed by atoms with van der Waals surface area (Å²) in [4.78, 5) is 8.72. The molecule has 2 N–H and O–H groups in total. The lowest BCUT2D eigenvalue weighted by molar-refractivity contribution is 0.235. The molecule has 1 aromatic carbocycles. The molecule has 1 unspecified atom stereocenters. The Balaban J connectivity index is 0.00000243. The van der Waals surface area contributed by atoms with Crippen LogP contribution >= 0.6 is 24.0 Å². The number of aromatic nitrogens is 2. The summed E-state index contributed by atoms with van der Waals surface area (Å²) in [5, 5.41) is 6.68. The maximum atomic E-state index is 5.95. The van der Waals surface area contributed by atoms with Crippen LogP contribution in [0.3, 0.4) is 0 Å². The molecule has 1 atom stereocenters. The zero-order valence-electron chi connectivity index (χ0n) is 15.6. The van der Waals surface area contributed by atoms with Gasteiger partial charge in [0, 0.05) is 32.4 Å². The van der Waals surface area contributed by atoms with Gasteiger partial charge < -0.3 is 19.9 Å². The summed E-state index contributed by atoms with van der Waals surface area (Å²) < 4.78 is 8.14. The first-order valence-corrected chi connectivity index (χ1v) is 8.84. The van der Waals surface area contributed by atoms with Crippen LogP contribution < -0.4 is 15.4 Å². The van der Waals surface area contributed by atoms with Crippen molar-refractivity contribution in [3.05, 3.63) is 48.0 Å². The minimum atomic E-state index is 0. The highest BCUT2D eigenvalue weighted by atomic mass is 127. The van der Waals surface area contributed by atoms with E-state index in [0.29, 0.717) is 12.5 Å². The van der Waals surface area contributed by atoms with Gasteiger partial charge in [0.1, 0.15) is 17.7 Å². The highest BCUT2D eigenvalue weighted by Crippen LogP contribution is 2.27. The standard InChI is InChI=1S/C19H27N5O.HI/c1-14(2)13-24-9-8-21-18(24)12-23-19(20-3)22-11-16-10-15-6-4-5-7-17(15)25-16;/h4-9,14,16H,10-13H2,1-3H3,(H2,20,22,23);1H. The molecule has 0 bridgehead atoms. The number of fused-ring (bicyclic) bond motifs is 1.